The van der Waals surface area contributed by atoms with Crippen LogP contribution < -0.4 is 5.32 Å². The van der Waals surface area contributed by atoms with E-state index < -0.39 is 0 Å². The van der Waals surface area contributed by atoms with Gasteiger partial charge in [-0.3, -0.25) is 9.59 Å². The van der Waals surface area contributed by atoms with Crippen molar-refractivity contribution in [2.45, 2.75) is 26.3 Å². The number of carbonyl (C=O) groups is 2. The molecule has 0 unspecified atom stereocenters. The van der Waals surface area contributed by atoms with Gasteiger partial charge in [-0.25, -0.2) is 4.98 Å². The zero-order chi connectivity index (χ0) is 19.5. The number of hydrogen-bond donors (Lipinski definition) is 1. The summed E-state index contributed by atoms with van der Waals surface area (Å²) >= 11 is 3.30. The third kappa shape index (κ3) is 4.18. The number of hydrogen-bond acceptors (Lipinski definition) is 6. The smallest absolute Gasteiger partial charge is 0.289 e. The molecule has 2 amide bonds. The highest BCUT2D eigenvalue weighted by atomic mass is 32.1. The van der Waals surface area contributed by atoms with Crippen LogP contribution in [-0.4, -0.2) is 34.8 Å². The molecule has 1 aliphatic heterocycles. The molecule has 0 radical (unpaired) electrons. The van der Waals surface area contributed by atoms with Crippen LogP contribution in [0.15, 0.2) is 40.3 Å². The SMILES string of the molecule is Cc1nc(-c2ccc(CNC(=O)C3CCN(C(=O)c4ccco4)CC3)s2)cs1. The van der Waals surface area contributed by atoms with E-state index in [1.807, 2.05) is 13.0 Å². The standard InChI is InChI=1S/C20H21N3O3S2/c1-13-22-16(12-27-13)18-5-4-15(28-18)11-21-19(24)14-6-8-23(9-7-14)20(25)17-3-2-10-26-17/h2-5,10,12,14H,6-9,11H2,1H3,(H,21,24). The number of aromatic nitrogens is 1. The maximum absolute atomic E-state index is 12.5. The lowest BCUT2D eigenvalue weighted by Crippen LogP contribution is -2.42. The van der Waals surface area contributed by atoms with Crippen LogP contribution in [0, 0.1) is 12.8 Å². The molecule has 4 heterocycles. The van der Waals surface area contributed by atoms with Crippen LogP contribution in [0.1, 0.15) is 33.3 Å². The second-order valence-corrected chi connectivity index (χ2v) is 9.01. The summed E-state index contributed by atoms with van der Waals surface area (Å²) in [6.45, 7) is 3.67. The maximum atomic E-state index is 12.5. The van der Waals surface area contributed by atoms with Gasteiger partial charge in [0, 0.05) is 29.3 Å². The summed E-state index contributed by atoms with van der Waals surface area (Å²) in [7, 11) is 0. The Morgan fingerprint density at radius 3 is 2.79 bits per heavy atom. The Kier molecular flexibility index (Phi) is 5.59. The van der Waals surface area contributed by atoms with Crippen LogP contribution in [-0.2, 0) is 11.3 Å². The van der Waals surface area contributed by atoms with E-state index in [-0.39, 0.29) is 17.7 Å². The number of amides is 2. The fourth-order valence-corrected chi connectivity index (χ4v) is 4.90. The van der Waals surface area contributed by atoms with Crippen LogP contribution in [0.2, 0.25) is 0 Å². The van der Waals surface area contributed by atoms with Gasteiger partial charge in [-0.1, -0.05) is 0 Å². The number of nitrogens with one attached hydrogen (secondary N) is 1. The summed E-state index contributed by atoms with van der Waals surface area (Å²) in [5.41, 5.74) is 0.999. The van der Waals surface area contributed by atoms with E-state index in [1.54, 1.807) is 39.7 Å². The predicted molar refractivity (Wildman–Crippen MR) is 109 cm³/mol. The molecule has 0 spiro atoms. The minimum atomic E-state index is -0.104. The van der Waals surface area contributed by atoms with Crippen LogP contribution in [0.3, 0.4) is 0 Å². The Bertz CT molecular complexity index is 953. The van der Waals surface area contributed by atoms with E-state index in [2.05, 4.69) is 21.7 Å². The van der Waals surface area contributed by atoms with Gasteiger partial charge in [-0.2, -0.15) is 0 Å². The molecule has 8 heteroatoms. The van der Waals surface area contributed by atoms with E-state index in [4.69, 9.17) is 4.42 Å². The van der Waals surface area contributed by atoms with Crippen molar-refractivity contribution in [2.24, 2.45) is 5.92 Å². The first-order valence-electron chi connectivity index (χ1n) is 9.22. The number of nitrogens with zero attached hydrogens (tertiary/aromatic N) is 2. The Balaban J connectivity index is 1.26. The largest absolute Gasteiger partial charge is 0.459 e. The van der Waals surface area contributed by atoms with Gasteiger partial charge in [0.1, 0.15) is 0 Å². The molecule has 0 bridgehead atoms. The van der Waals surface area contributed by atoms with Crippen molar-refractivity contribution in [1.82, 2.24) is 15.2 Å². The van der Waals surface area contributed by atoms with Crippen molar-refractivity contribution in [3.05, 3.63) is 51.6 Å². The van der Waals surface area contributed by atoms with Gasteiger partial charge in [0.05, 0.1) is 28.4 Å². The van der Waals surface area contributed by atoms with Gasteiger partial charge in [-0.15, -0.1) is 22.7 Å². The molecule has 0 atom stereocenters. The van der Waals surface area contributed by atoms with Gasteiger partial charge < -0.3 is 14.6 Å². The number of thiophene rings is 1. The summed E-state index contributed by atoms with van der Waals surface area (Å²) < 4.78 is 5.17. The number of rotatable bonds is 5. The molecular formula is C20H21N3O3S2. The van der Waals surface area contributed by atoms with E-state index in [1.165, 1.54) is 6.26 Å². The first-order chi connectivity index (χ1) is 13.6. The predicted octanol–water partition coefficient (Wildman–Crippen LogP) is 3.94. The lowest BCUT2D eigenvalue weighted by atomic mass is 9.95. The minimum Gasteiger partial charge on any atom is -0.459 e. The van der Waals surface area contributed by atoms with Crippen LogP contribution in [0.4, 0.5) is 0 Å². The van der Waals surface area contributed by atoms with Crippen molar-refractivity contribution in [3.63, 3.8) is 0 Å². The molecule has 1 saturated heterocycles. The van der Waals surface area contributed by atoms with Crippen LogP contribution >= 0.6 is 22.7 Å². The summed E-state index contributed by atoms with van der Waals surface area (Å²) in [5, 5.41) is 6.15. The van der Waals surface area contributed by atoms with Crippen LogP contribution in [0.25, 0.3) is 10.6 Å². The van der Waals surface area contributed by atoms with Crippen molar-refractivity contribution in [3.8, 4) is 10.6 Å². The molecule has 0 saturated carbocycles. The highest BCUT2D eigenvalue weighted by molar-refractivity contribution is 7.16. The number of furan rings is 1. The molecule has 28 heavy (non-hydrogen) atoms. The number of carbonyl (C=O) groups excluding carboxylic acids is 2. The second kappa shape index (κ2) is 8.28. The molecule has 4 rings (SSSR count). The molecule has 0 aliphatic carbocycles. The summed E-state index contributed by atoms with van der Waals surface area (Å²) in [6, 6.07) is 7.47. The van der Waals surface area contributed by atoms with E-state index in [0.29, 0.717) is 38.2 Å². The average Bonchev–Trinajstić information content (AvgIpc) is 3.47. The number of likely N-dealkylation sites (tertiary alicyclic amines) is 1. The molecule has 0 aromatic carbocycles. The van der Waals surface area contributed by atoms with Crippen LogP contribution in [0.5, 0.6) is 0 Å². The van der Waals surface area contributed by atoms with Gasteiger partial charge in [0.2, 0.25) is 5.91 Å². The first kappa shape index (κ1) is 18.9. The summed E-state index contributed by atoms with van der Waals surface area (Å²) in [4.78, 5) is 33.3. The monoisotopic (exact) mass is 415 g/mol. The molecule has 3 aromatic rings. The zero-order valence-electron chi connectivity index (χ0n) is 15.5. The van der Waals surface area contributed by atoms with Gasteiger partial charge in [0.15, 0.2) is 5.76 Å². The Morgan fingerprint density at radius 1 is 1.29 bits per heavy atom. The second-order valence-electron chi connectivity index (χ2n) is 6.78. The van der Waals surface area contributed by atoms with Gasteiger partial charge in [-0.05, 0) is 44.0 Å². The van der Waals surface area contributed by atoms with E-state index in [9.17, 15) is 9.59 Å². The number of thiazole rings is 1. The first-order valence-corrected chi connectivity index (χ1v) is 10.9. The lowest BCUT2D eigenvalue weighted by Gasteiger charge is -2.30. The average molecular weight is 416 g/mol. The molecule has 1 aliphatic rings. The Morgan fingerprint density at radius 2 is 2.11 bits per heavy atom. The lowest BCUT2D eigenvalue weighted by molar-refractivity contribution is -0.126. The normalized spacial score (nSPS) is 15.0. The van der Waals surface area contributed by atoms with E-state index >= 15 is 0 Å². The third-order valence-electron chi connectivity index (χ3n) is 4.85. The number of piperidine rings is 1. The quantitative estimate of drug-likeness (QED) is 0.685. The Labute approximate surface area is 171 Å². The maximum Gasteiger partial charge on any atom is 0.289 e. The molecule has 6 nitrogen and oxygen atoms in total. The topological polar surface area (TPSA) is 75.4 Å². The fraction of sp³-hybridized carbons (Fsp3) is 0.350. The summed E-state index contributed by atoms with van der Waals surface area (Å²) in [5.74, 6) is 0.254. The zero-order valence-corrected chi connectivity index (χ0v) is 17.1. The minimum absolute atomic E-state index is 0.0544. The Hall–Kier alpha value is -2.45. The van der Waals surface area contributed by atoms with Crippen molar-refractivity contribution in [1.29, 1.82) is 0 Å². The van der Waals surface area contributed by atoms with Gasteiger partial charge >= 0.3 is 0 Å². The molecule has 146 valence electrons. The molecule has 1 fully saturated rings. The summed E-state index contributed by atoms with van der Waals surface area (Å²) in [6.07, 6.45) is 2.84. The molecule has 3 aromatic heterocycles. The van der Waals surface area contributed by atoms with Crippen molar-refractivity contribution < 1.29 is 14.0 Å². The van der Waals surface area contributed by atoms with Gasteiger partial charge in [0.25, 0.3) is 5.91 Å². The highest BCUT2D eigenvalue weighted by Crippen LogP contribution is 2.29. The molecular weight excluding hydrogens is 394 g/mol. The van der Waals surface area contributed by atoms with E-state index in [0.717, 1.165) is 20.5 Å². The highest BCUT2D eigenvalue weighted by Gasteiger charge is 2.28. The van der Waals surface area contributed by atoms with Crippen molar-refractivity contribution in [2.75, 3.05) is 13.1 Å². The fourth-order valence-electron chi connectivity index (χ4n) is 3.31. The van der Waals surface area contributed by atoms with Crippen molar-refractivity contribution >= 4 is 34.5 Å². The number of aryl methyl sites for hydroxylation is 1. The molecule has 1 N–H and O–H groups in total. The third-order valence-corrected chi connectivity index (χ3v) is 6.74.